The SMILES string of the molecule is CCCCCCCCCCCCOOC(=O)c1ccc(-c2ccccc2)c(-c2ccc(C(=O)OC(CCCCCC)C(F)(F)F)cc2)c1. The van der Waals surface area contributed by atoms with Crippen LogP contribution in [0.2, 0.25) is 0 Å². The molecule has 0 amide bonds. The summed E-state index contributed by atoms with van der Waals surface area (Å²) in [5, 5.41) is 0. The summed E-state index contributed by atoms with van der Waals surface area (Å²) >= 11 is 0. The molecule has 0 N–H and O–H groups in total. The number of halogens is 3. The summed E-state index contributed by atoms with van der Waals surface area (Å²) in [7, 11) is 0. The molecule has 0 bridgehead atoms. The normalized spacial score (nSPS) is 12.1. The zero-order chi connectivity index (χ0) is 34.6. The van der Waals surface area contributed by atoms with E-state index in [1.807, 2.05) is 43.3 Å². The van der Waals surface area contributed by atoms with Gasteiger partial charge in [-0.25, -0.2) is 9.59 Å². The van der Waals surface area contributed by atoms with Crippen molar-refractivity contribution in [2.24, 2.45) is 0 Å². The maximum atomic E-state index is 13.6. The second-order valence-electron chi connectivity index (χ2n) is 12.4. The van der Waals surface area contributed by atoms with Crippen LogP contribution in [0.5, 0.6) is 0 Å². The van der Waals surface area contributed by atoms with Crippen LogP contribution in [0, 0.1) is 0 Å². The number of unbranched alkanes of at least 4 members (excludes halogenated alkanes) is 12. The summed E-state index contributed by atoms with van der Waals surface area (Å²) in [5.41, 5.74) is 3.39. The van der Waals surface area contributed by atoms with Gasteiger partial charge in [0.1, 0.15) is 0 Å². The molecule has 5 nitrogen and oxygen atoms in total. The fraction of sp³-hybridized carbons (Fsp3) is 0.500. The molecule has 1 unspecified atom stereocenters. The van der Waals surface area contributed by atoms with Gasteiger partial charge < -0.3 is 4.74 Å². The van der Waals surface area contributed by atoms with Crippen LogP contribution >= 0.6 is 0 Å². The van der Waals surface area contributed by atoms with Gasteiger partial charge in [-0.1, -0.05) is 139 Å². The Balaban J connectivity index is 1.63. The van der Waals surface area contributed by atoms with Gasteiger partial charge >= 0.3 is 18.1 Å². The van der Waals surface area contributed by atoms with Crippen LogP contribution in [0.15, 0.2) is 72.8 Å². The first kappa shape index (κ1) is 38.8. The molecule has 0 aliphatic carbocycles. The number of esters is 1. The average Bonchev–Trinajstić information content (AvgIpc) is 3.09. The highest BCUT2D eigenvalue weighted by atomic mass is 19.4. The van der Waals surface area contributed by atoms with Crippen molar-refractivity contribution < 1.29 is 37.3 Å². The van der Waals surface area contributed by atoms with Crippen LogP contribution in [-0.4, -0.2) is 30.8 Å². The second kappa shape index (κ2) is 21.3. The van der Waals surface area contributed by atoms with Crippen LogP contribution < -0.4 is 0 Å². The lowest BCUT2D eigenvalue weighted by atomic mass is 9.92. The van der Waals surface area contributed by atoms with Crippen molar-refractivity contribution in [2.45, 2.75) is 122 Å². The highest BCUT2D eigenvalue weighted by molar-refractivity contribution is 5.95. The van der Waals surface area contributed by atoms with E-state index in [1.165, 1.54) is 57.1 Å². The number of rotatable bonds is 22. The van der Waals surface area contributed by atoms with E-state index in [4.69, 9.17) is 14.5 Å². The Kier molecular flexibility index (Phi) is 17.3. The van der Waals surface area contributed by atoms with Crippen LogP contribution in [0.25, 0.3) is 22.3 Å². The Hall–Kier alpha value is -3.65. The Morgan fingerprint density at radius 3 is 1.75 bits per heavy atom. The Bertz CT molecular complexity index is 1360. The summed E-state index contributed by atoms with van der Waals surface area (Å²) < 4.78 is 45.7. The molecule has 0 fully saturated rings. The van der Waals surface area contributed by atoms with Gasteiger partial charge in [-0.3, -0.25) is 4.89 Å². The summed E-state index contributed by atoms with van der Waals surface area (Å²) in [6, 6.07) is 20.9. The lowest BCUT2D eigenvalue weighted by molar-refractivity contribution is -0.241. The van der Waals surface area contributed by atoms with Gasteiger partial charge in [0, 0.05) is 0 Å². The van der Waals surface area contributed by atoms with E-state index in [2.05, 4.69) is 6.92 Å². The number of alkyl halides is 3. The molecule has 3 aromatic carbocycles. The molecule has 0 aliphatic heterocycles. The van der Waals surface area contributed by atoms with Gasteiger partial charge in [0.15, 0.2) is 6.10 Å². The highest BCUT2D eigenvalue weighted by Gasteiger charge is 2.42. The van der Waals surface area contributed by atoms with E-state index < -0.39 is 24.2 Å². The van der Waals surface area contributed by atoms with Gasteiger partial charge in [0.05, 0.1) is 17.7 Å². The predicted octanol–water partition coefficient (Wildman–Crippen LogP) is 12.1. The summed E-state index contributed by atoms with van der Waals surface area (Å²) in [6.07, 6.45) is 7.56. The average molecular weight is 669 g/mol. The van der Waals surface area contributed by atoms with E-state index in [0.29, 0.717) is 30.6 Å². The first-order chi connectivity index (χ1) is 23.2. The molecule has 3 aromatic rings. The van der Waals surface area contributed by atoms with E-state index in [-0.39, 0.29) is 17.5 Å². The number of carbonyl (C=O) groups is 2. The van der Waals surface area contributed by atoms with Crippen molar-refractivity contribution in [3.05, 3.63) is 83.9 Å². The monoisotopic (exact) mass is 668 g/mol. The molecule has 262 valence electrons. The van der Waals surface area contributed by atoms with E-state index in [0.717, 1.165) is 43.2 Å². The molecular formula is C40H51F3O5. The van der Waals surface area contributed by atoms with Gasteiger partial charge in [0.25, 0.3) is 0 Å². The fourth-order valence-corrected chi connectivity index (χ4v) is 5.60. The minimum atomic E-state index is -4.64. The summed E-state index contributed by atoms with van der Waals surface area (Å²) in [4.78, 5) is 36.0. The predicted molar refractivity (Wildman–Crippen MR) is 185 cm³/mol. The third-order valence-corrected chi connectivity index (χ3v) is 8.42. The fourth-order valence-electron chi connectivity index (χ4n) is 5.60. The molecule has 48 heavy (non-hydrogen) atoms. The molecule has 0 aliphatic rings. The summed E-state index contributed by atoms with van der Waals surface area (Å²) in [5.74, 6) is -1.65. The van der Waals surface area contributed by atoms with Crippen molar-refractivity contribution in [1.29, 1.82) is 0 Å². The number of ether oxygens (including phenoxy) is 1. The molecule has 0 heterocycles. The molecule has 0 spiro atoms. The second-order valence-corrected chi connectivity index (χ2v) is 12.4. The largest absolute Gasteiger partial charge is 0.449 e. The standard InChI is InChI=1S/C40H51F3O5/c1-3-5-7-9-10-11-12-13-14-19-29-46-48-39(45)34-27-28-35(31-20-16-15-17-21-31)36(30-34)32-23-25-33(26-24-32)38(44)47-37(40(41,42)43)22-18-8-6-4-2/h15-17,20-21,23-28,30,37H,3-14,18-19,22,29H2,1-2H3. The van der Waals surface area contributed by atoms with Crippen molar-refractivity contribution in [1.82, 2.24) is 0 Å². The van der Waals surface area contributed by atoms with Crippen LogP contribution in [-0.2, 0) is 14.5 Å². The van der Waals surface area contributed by atoms with Crippen LogP contribution in [0.1, 0.15) is 131 Å². The third-order valence-electron chi connectivity index (χ3n) is 8.42. The quantitative estimate of drug-likeness (QED) is 0.0461. The highest BCUT2D eigenvalue weighted by Crippen LogP contribution is 2.34. The minimum absolute atomic E-state index is 0.0127. The third kappa shape index (κ3) is 13.5. The number of benzene rings is 3. The lowest BCUT2D eigenvalue weighted by Crippen LogP contribution is -2.33. The van der Waals surface area contributed by atoms with Crippen molar-refractivity contribution in [2.75, 3.05) is 6.61 Å². The van der Waals surface area contributed by atoms with E-state index >= 15 is 0 Å². The first-order valence-electron chi connectivity index (χ1n) is 17.7. The van der Waals surface area contributed by atoms with Crippen LogP contribution in [0.4, 0.5) is 13.2 Å². The van der Waals surface area contributed by atoms with Gasteiger partial charge in [0.2, 0.25) is 0 Å². The summed E-state index contributed by atoms with van der Waals surface area (Å²) in [6.45, 7) is 4.52. The van der Waals surface area contributed by atoms with Gasteiger partial charge in [-0.2, -0.15) is 18.1 Å². The van der Waals surface area contributed by atoms with Crippen LogP contribution in [0.3, 0.4) is 0 Å². The number of hydrogen-bond acceptors (Lipinski definition) is 5. The smallest absolute Gasteiger partial charge is 0.425 e. The molecule has 0 saturated heterocycles. The van der Waals surface area contributed by atoms with Gasteiger partial charge in [-0.05, 0) is 65.8 Å². The maximum Gasteiger partial charge on any atom is 0.425 e. The van der Waals surface area contributed by atoms with E-state index in [1.54, 1.807) is 24.3 Å². The molecule has 0 saturated carbocycles. The molecule has 3 rings (SSSR count). The molecule has 8 heteroatoms. The maximum absolute atomic E-state index is 13.6. The minimum Gasteiger partial charge on any atom is -0.449 e. The molecule has 0 aromatic heterocycles. The van der Waals surface area contributed by atoms with Crippen molar-refractivity contribution in [3.63, 3.8) is 0 Å². The van der Waals surface area contributed by atoms with Crippen molar-refractivity contribution >= 4 is 11.9 Å². The molecular weight excluding hydrogens is 617 g/mol. The zero-order valence-corrected chi connectivity index (χ0v) is 28.5. The first-order valence-corrected chi connectivity index (χ1v) is 17.7. The topological polar surface area (TPSA) is 61.8 Å². The Morgan fingerprint density at radius 1 is 0.604 bits per heavy atom. The van der Waals surface area contributed by atoms with E-state index in [9.17, 15) is 22.8 Å². The van der Waals surface area contributed by atoms with Crippen molar-refractivity contribution in [3.8, 4) is 22.3 Å². The molecule has 0 radical (unpaired) electrons. The van der Waals surface area contributed by atoms with Gasteiger partial charge in [-0.15, -0.1) is 0 Å². The molecule has 1 atom stereocenters. The number of hydrogen-bond donors (Lipinski definition) is 0. The number of carbonyl (C=O) groups excluding carboxylic acids is 2. The zero-order valence-electron chi connectivity index (χ0n) is 28.5. The lowest BCUT2D eigenvalue weighted by Gasteiger charge is -2.21. The Morgan fingerprint density at radius 2 is 1.15 bits per heavy atom. The Labute approximate surface area is 284 Å².